The molecule has 0 bridgehead atoms. The van der Waals surface area contributed by atoms with E-state index in [0.29, 0.717) is 16.6 Å². The molecule has 0 aliphatic carbocycles. The molecule has 7 heteroatoms. The van der Waals surface area contributed by atoms with Gasteiger partial charge in [0.1, 0.15) is 10.7 Å². The highest BCUT2D eigenvalue weighted by molar-refractivity contribution is 7.85. The molecule has 3 rings (SSSR count). The van der Waals surface area contributed by atoms with E-state index in [4.69, 9.17) is 10.2 Å². The molecular weight excluding hydrogens is 270 g/mol. The average Bonchev–Trinajstić information content (AvgIpc) is 2.98. The van der Waals surface area contributed by atoms with Gasteiger partial charge in [0, 0.05) is 35.4 Å². The number of nitrogen functional groups attached to an aromatic ring is 1. The summed E-state index contributed by atoms with van der Waals surface area (Å²) < 4.78 is 16.8. The molecule has 0 aromatic carbocycles. The van der Waals surface area contributed by atoms with Crippen LogP contribution >= 0.6 is 11.3 Å². The molecule has 5 nitrogen and oxygen atoms in total. The lowest BCUT2D eigenvalue weighted by Gasteiger charge is -2.27. The fourth-order valence-corrected chi connectivity index (χ4v) is 3.90. The zero-order valence-corrected chi connectivity index (χ0v) is 11.3. The van der Waals surface area contributed by atoms with Crippen molar-refractivity contribution in [2.24, 2.45) is 0 Å². The first kappa shape index (κ1) is 11.7. The maximum absolute atomic E-state index is 11.4. The molecule has 0 atom stereocenters. The van der Waals surface area contributed by atoms with E-state index >= 15 is 0 Å². The van der Waals surface area contributed by atoms with Gasteiger partial charge in [-0.2, -0.15) is 0 Å². The van der Waals surface area contributed by atoms with E-state index in [1.54, 1.807) is 6.26 Å². The highest BCUT2D eigenvalue weighted by atomic mass is 32.2. The number of hydrogen-bond donors (Lipinski definition) is 1. The second-order valence-corrected chi connectivity index (χ2v) is 6.72. The van der Waals surface area contributed by atoms with Crippen LogP contribution in [-0.2, 0) is 10.8 Å². The average molecular weight is 283 g/mol. The number of rotatable bonds is 2. The van der Waals surface area contributed by atoms with Crippen LogP contribution < -0.4 is 10.6 Å². The van der Waals surface area contributed by atoms with Crippen LogP contribution in [0.25, 0.3) is 11.5 Å². The molecular formula is C11H13N3O2S2. The number of anilines is 2. The lowest BCUT2D eigenvalue weighted by atomic mass is 10.3. The third-order valence-corrected chi connectivity index (χ3v) is 5.07. The molecule has 0 spiro atoms. The topological polar surface area (TPSA) is 72.4 Å². The third kappa shape index (κ3) is 2.15. The fraction of sp³-hybridized carbons (Fsp3) is 0.364. The molecule has 1 saturated heterocycles. The minimum Gasteiger partial charge on any atom is -0.463 e. The van der Waals surface area contributed by atoms with Gasteiger partial charge in [0.05, 0.1) is 6.26 Å². The first-order chi connectivity index (χ1) is 8.74. The van der Waals surface area contributed by atoms with Crippen molar-refractivity contribution in [2.45, 2.75) is 0 Å². The van der Waals surface area contributed by atoms with Crippen molar-refractivity contribution >= 4 is 32.3 Å². The van der Waals surface area contributed by atoms with Gasteiger partial charge in [-0.1, -0.05) is 11.3 Å². The van der Waals surface area contributed by atoms with Crippen molar-refractivity contribution in [2.75, 3.05) is 35.2 Å². The van der Waals surface area contributed by atoms with E-state index in [2.05, 4.69) is 9.88 Å². The Morgan fingerprint density at radius 3 is 2.89 bits per heavy atom. The van der Waals surface area contributed by atoms with Crippen LogP contribution in [0.1, 0.15) is 0 Å². The quantitative estimate of drug-likeness (QED) is 0.905. The van der Waals surface area contributed by atoms with Crippen molar-refractivity contribution < 1.29 is 8.63 Å². The summed E-state index contributed by atoms with van der Waals surface area (Å²) in [6.45, 7) is 1.56. The summed E-state index contributed by atoms with van der Waals surface area (Å²) >= 11 is 1.45. The Balaban J connectivity index is 1.94. The van der Waals surface area contributed by atoms with E-state index in [0.717, 1.165) is 29.5 Å². The Hall–Kier alpha value is -1.34. The molecule has 0 radical (unpaired) electrons. The number of hydrogen-bond acceptors (Lipinski definition) is 6. The van der Waals surface area contributed by atoms with Crippen molar-refractivity contribution in [1.82, 2.24) is 4.98 Å². The Morgan fingerprint density at radius 1 is 1.44 bits per heavy atom. The predicted octanol–water partition coefficient (Wildman–Crippen LogP) is 1.55. The summed E-state index contributed by atoms with van der Waals surface area (Å²) in [5, 5.41) is 1.54. The Bertz CT molecular complexity index is 555. The van der Waals surface area contributed by atoms with Gasteiger partial charge in [0.25, 0.3) is 0 Å². The molecule has 2 aromatic rings. The SMILES string of the molecule is Nc1nc(-c2ccco2)c(N2CCS(=O)CC2)s1. The summed E-state index contributed by atoms with van der Waals surface area (Å²) in [5.41, 5.74) is 6.59. The van der Waals surface area contributed by atoms with E-state index in [-0.39, 0.29) is 0 Å². The zero-order valence-electron chi connectivity index (χ0n) is 9.67. The monoisotopic (exact) mass is 283 g/mol. The van der Waals surface area contributed by atoms with E-state index in [1.807, 2.05) is 12.1 Å². The van der Waals surface area contributed by atoms with Gasteiger partial charge in [-0.15, -0.1) is 0 Å². The van der Waals surface area contributed by atoms with Crippen molar-refractivity contribution in [3.63, 3.8) is 0 Å². The van der Waals surface area contributed by atoms with Gasteiger partial charge >= 0.3 is 0 Å². The van der Waals surface area contributed by atoms with Crippen LogP contribution in [0.2, 0.25) is 0 Å². The Labute approximate surface area is 111 Å². The lowest BCUT2D eigenvalue weighted by molar-refractivity contribution is 0.580. The van der Waals surface area contributed by atoms with Crippen LogP contribution in [0.5, 0.6) is 0 Å². The van der Waals surface area contributed by atoms with Crippen LogP contribution in [0.15, 0.2) is 22.8 Å². The van der Waals surface area contributed by atoms with Crippen molar-refractivity contribution in [3.05, 3.63) is 18.4 Å². The fourth-order valence-electron chi connectivity index (χ4n) is 1.96. The van der Waals surface area contributed by atoms with Crippen LogP contribution in [0, 0.1) is 0 Å². The molecule has 2 N–H and O–H groups in total. The lowest BCUT2D eigenvalue weighted by Crippen LogP contribution is -2.37. The number of nitrogens with zero attached hydrogens (tertiary/aromatic N) is 2. The summed E-state index contributed by atoms with van der Waals surface area (Å²) in [4.78, 5) is 6.52. The zero-order chi connectivity index (χ0) is 12.5. The Kier molecular flexibility index (Phi) is 3.09. The summed E-state index contributed by atoms with van der Waals surface area (Å²) in [6.07, 6.45) is 1.62. The number of thiazole rings is 1. The van der Waals surface area contributed by atoms with Crippen LogP contribution in [-0.4, -0.2) is 33.8 Å². The van der Waals surface area contributed by atoms with E-state index in [1.165, 1.54) is 11.3 Å². The molecule has 1 aliphatic heterocycles. The molecule has 0 amide bonds. The Morgan fingerprint density at radius 2 is 2.22 bits per heavy atom. The van der Waals surface area contributed by atoms with Gasteiger partial charge < -0.3 is 15.1 Å². The normalized spacial score (nSPS) is 17.2. The van der Waals surface area contributed by atoms with Crippen LogP contribution in [0.3, 0.4) is 0 Å². The van der Waals surface area contributed by atoms with Gasteiger partial charge in [-0.3, -0.25) is 4.21 Å². The first-order valence-corrected chi connectivity index (χ1v) is 7.94. The minimum absolute atomic E-state index is 0.531. The number of furan rings is 1. The highest BCUT2D eigenvalue weighted by Gasteiger charge is 2.23. The summed E-state index contributed by atoms with van der Waals surface area (Å²) in [7, 11) is -0.683. The maximum atomic E-state index is 11.4. The summed E-state index contributed by atoms with van der Waals surface area (Å²) in [5.74, 6) is 2.13. The summed E-state index contributed by atoms with van der Waals surface area (Å²) in [6, 6.07) is 3.71. The van der Waals surface area contributed by atoms with E-state index in [9.17, 15) is 4.21 Å². The van der Waals surface area contributed by atoms with Gasteiger partial charge in [-0.25, -0.2) is 4.98 Å². The van der Waals surface area contributed by atoms with Crippen molar-refractivity contribution in [1.29, 1.82) is 0 Å². The van der Waals surface area contributed by atoms with Crippen molar-refractivity contribution in [3.8, 4) is 11.5 Å². The van der Waals surface area contributed by atoms with E-state index < -0.39 is 10.8 Å². The standard InChI is InChI=1S/C11H13N3O2S2/c12-11-13-9(8-2-1-5-16-8)10(17-11)14-3-6-18(15)7-4-14/h1-2,5H,3-4,6-7H2,(H2,12,13). The first-order valence-electron chi connectivity index (χ1n) is 5.64. The predicted molar refractivity (Wildman–Crippen MR) is 74.3 cm³/mol. The van der Waals surface area contributed by atoms with Gasteiger partial charge in [0.15, 0.2) is 10.9 Å². The molecule has 96 valence electrons. The maximum Gasteiger partial charge on any atom is 0.182 e. The molecule has 0 saturated carbocycles. The third-order valence-electron chi connectivity index (χ3n) is 2.85. The second kappa shape index (κ2) is 4.74. The molecule has 1 aliphatic rings. The molecule has 2 aromatic heterocycles. The number of nitrogens with two attached hydrogens (primary N) is 1. The molecule has 1 fully saturated rings. The van der Waals surface area contributed by atoms with Gasteiger partial charge in [-0.05, 0) is 12.1 Å². The molecule has 3 heterocycles. The highest BCUT2D eigenvalue weighted by Crippen LogP contribution is 2.37. The minimum atomic E-state index is -0.683. The van der Waals surface area contributed by atoms with Gasteiger partial charge in [0.2, 0.25) is 0 Å². The van der Waals surface area contributed by atoms with Crippen LogP contribution in [0.4, 0.5) is 10.1 Å². The second-order valence-electron chi connectivity index (χ2n) is 4.02. The largest absolute Gasteiger partial charge is 0.463 e. The molecule has 18 heavy (non-hydrogen) atoms. The molecule has 0 unspecified atom stereocenters. The smallest absolute Gasteiger partial charge is 0.182 e. The number of aromatic nitrogens is 1.